The van der Waals surface area contributed by atoms with Crippen molar-refractivity contribution in [1.29, 1.82) is 0 Å². The van der Waals surface area contributed by atoms with Crippen molar-refractivity contribution in [1.82, 2.24) is 4.90 Å². The third-order valence-electron chi connectivity index (χ3n) is 4.54. The van der Waals surface area contributed by atoms with Crippen LogP contribution in [0.2, 0.25) is 0 Å². The number of ether oxygens (including phenoxy) is 2. The second kappa shape index (κ2) is 5.72. The molecule has 4 nitrogen and oxygen atoms in total. The van der Waals surface area contributed by atoms with Gasteiger partial charge >= 0.3 is 0 Å². The summed E-state index contributed by atoms with van der Waals surface area (Å²) in [6.07, 6.45) is 3.21. The zero-order valence-electron chi connectivity index (χ0n) is 12.2. The Hall–Kier alpha value is -1.10. The highest BCUT2D eigenvalue weighted by atomic mass is 16.6. The molecule has 2 unspecified atom stereocenters. The second-order valence-corrected chi connectivity index (χ2v) is 6.14. The SMILES string of the molecule is CN(Cc1cccc(N)c1)C1CCOC2(CCOC2)C1. The average molecular weight is 276 g/mol. The highest BCUT2D eigenvalue weighted by Gasteiger charge is 2.41. The summed E-state index contributed by atoms with van der Waals surface area (Å²) in [5.41, 5.74) is 7.94. The quantitative estimate of drug-likeness (QED) is 0.858. The van der Waals surface area contributed by atoms with E-state index in [1.165, 1.54) is 5.56 Å². The predicted octanol–water partition coefficient (Wildman–Crippen LogP) is 2.04. The molecule has 0 radical (unpaired) electrons. The van der Waals surface area contributed by atoms with Crippen LogP contribution in [0.3, 0.4) is 0 Å². The Morgan fingerprint density at radius 2 is 2.30 bits per heavy atom. The highest BCUT2D eigenvalue weighted by Crippen LogP contribution is 2.34. The molecule has 1 spiro atoms. The van der Waals surface area contributed by atoms with Crippen molar-refractivity contribution in [2.45, 2.75) is 37.5 Å². The van der Waals surface area contributed by atoms with E-state index >= 15 is 0 Å². The smallest absolute Gasteiger partial charge is 0.0951 e. The van der Waals surface area contributed by atoms with Crippen LogP contribution in [0.25, 0.3) is 0 Å². The Morgan fingerprint density at radius 3 is 3.05 bits per heavy atom. The molecule has 2 aliphatic rings. The van der Waals surface area contributed by atoms with E-state index in [0.717, 1.165) is 51.3 Å². The molecule has 1 aromatic rings. The number of nitrogens with zero attached hydrogens (tertiary/aromatic N) is 1. The zero-order valence-corrected chi connectivity index (χ0v) is 12.2. The molecule has 0 aromatic heterocycles. The van der Waals surface area contributed by atoms with Crippen LogP contribution in [0.4, 0.5) is 5.69 Å². The lowest BCUT2D eigenvalue weighted by Crippen LogP contribution is -2.47. The fraction of sp³-hybridized carbons (Fsp3) is 0.625. The molecule has 2 aliphatic heterocycles. The van der Waals surface area contributed by atoms with Gasteiger partial charge in [0.15, 0.2) is 0 Å². The molecular weight excluding hydrogens is 252 g/mol. The second-order valence-electron chi connectivity index (χ2n) is 6.14. The summed E-state index contributed by atoms with van der Waals surface area (Å²) in [7, 11) is 2.20. The van der Waals surface area contributed by atoms with Crippen molar-refractivity contribution < 1.29 is 9.47 Å². The van der Waals surface area contributed by atoms with Gasteiger partial charge in [0.25, 0.3) is 0 Å². The van der Waals surface area contributed by atoms with Gasteiger partial charge in [0.2, 0.25) is 0 Å². The normalized spacial score (nSPS) is 30.2. The van der Waals surface area contributed by atoms with E-state index in [-0.39, 0.29) is 5.60 Å². The summed E-state index contributed by atoms with van der Waals surface area (Å²) in [5.74, 6) is 0. The molecule has 2 heterocycles. The Kier molecular flexibility index (Phi) is 3.96. The van der Waals surface area contributed by atoms with Gasteiger partial charge in [0.1, 0.15) is 0 Å². The molecule has 1 aromatic carbocycles. The minimum absolute atomic E-state index is 0.0209. The van der Waals surface area contributed by atoms with Crippen molar-refractivity contribution in [3.05, 3.63) is 29.8 Å². The van der Waals surface area contributed by atoms with Crippen molar-refractivity contribution >= 4 is 5.69 Å². The van der Waals surface area contributed by atoms with Gasteiger partial charge < -0.3 is 15.2 Å². The summed E-state index contributed by atoms with van der Waals surface area (Å²) in [6.45, 7) is 3.38. The molecular formula is C16H24N2O2. The minimum Gasteiger partial charge on any atom is -0.399 e. The lowest BCUT2D eigenvalue weighted by atomic mass is 9.89. The van der Waals surface area contributed by atoms with Crippen LogP contribution in [0.1, 0.15) is 24.8 Å². The summed E-state index contributed by atoms with van der Waals surface area (Å²) >= 11 is 0. The number of hydrogen-bond acceptors (Lipinski definition) is 4. The first kappa shape index (κ1) is 13.9. The number of nitrogens with two attached hydrogens (primary N) is 1. The maximum Gasteiger partial charge on any atom is 0.0951 e. The van der Waals surface area contributed by atoms with Crippen LogP contribution in [0.5, 0.6) is 0 Å². The van der Waals surface area contributed by atoms with E-state index in [1.54, 1.807) is 0 Å². The Balaban J connectivity index is 1.63. The first-order chi connectivity index (χ1) is 9.67. The number of rotatable bonds is 3. The Bertz CT molecular complexity index is 458. The predicted molar refractivity (Wildman–Crippen MR) is 79.5 cm³/mol. The maximum absolute atomic E-state index is 6.00. The van der Waals surface area contributed by atoms with E-state index in [0.29, 0.717) is 6.04 Å². The van der Waals surface area contributed by atoms with Gasteiger partial charge in [-0.3, -0.25) is 4.90 Å². The molecule has 3 rings (SSSR count). The fourth-order valence-electron chi connectivity index (χ4n) is 3.35. The van der Waals surface area contributed by atoms with Crippen molar-refractivity contribution in [2.75, 3.05) is 32.6 Å². The molecule has 4 heteroatoms. The van der Waals surface area contributed by atoms with E-state index in [9.17, 15) is 0 Å². The minimum atomic E-state index is -0.0209. The van der Waals surface area contributed by atoms with Crippen LogP contribution in [0.15, 0.2) is 24.3 Å². The molecule has 2 fully saturated rings. The number of hydrogen-bond donors (Lipinski definition) is 1. The number of nitrogen functional groups attached to an aromatic ring is 1. The number of anilines is 1. The highest BCUT2D eigenvalue weighted by molar-refractivity contribution is 5.40. The molecule has 2 N–H and O–H groups in total. The van der Waals surface area contributed by atoms with Crippen molar-refractivity contribution in [2.24, 2.45) is 0 Å². The van der Waals surface area contributed by atoms with Crippen LogP contribution in [-0.2, 0) is 16.0 Å². The molecule has 110 valence electrons. The molecule has 0 aliphatic carbocycles. The first-order valence-corrected chi connectivity index (χ1v) is 7.43. The molecule has 0 amide bonds. The van der Waals surface area contributed by atoms with E-state index < -0.39 is 0 Å². The summed E-state index contributed by atoms with van der Waals surface area (Å²) < 4.78 is 11.5. The van der Waals surface area contributed by atoms with Crippen molar-refractivity contribution in [3.63, 3.8) is 0 Å². The topological polar surface area (TPSA) is 47.7 Å². The van der Waals surface area contributed by atoms with Gasteiger partial charge in [-0.05, 0) is 37.6 Å². The molecule has 20 heavy (non-hydrogen) atoms. The van der Waals surface area contributed by atoms with Gasteiger partial charge in [-0.25, -0.2) is 0 Å². The molecule has 0 saturated carbocycles. The summed E-state index contributed by atoms with van der Waals surface area (Å²) in [4.78, 5) is 2.43. The van der Waals surface area contributed by atoms with Crippen LogP contribution < -0.4 is 5.73 Å². The Labute approximate surface area is 120 Å². The zero-order chi connectivity index (χ0) is 14.0. The van der Waals surface area contributed by atoms with Gasteiger partial charge in [0.05, 0.1) is 12.2 Å². The van der Waals surface area contributed by atoms with Crippen LogP contribution in [-0.4, -0.2) is 43.4 Å². The third kappa shape index (κ3) is 2.97. The van der Waals surface area contributed by atoms with E-state index in [2.05, 4.69) is 24.1 Å². The standard InChI is InChI=1S/C16H24N2O2/c1-18(11-13-3-2-4-14(17)9-13)15-5-7-20-16(10-15)6-8-19-12-16/h2-4,9,15H,5-8,10-12,17H2,1H3. The van der Waals surface area contributed by atoms with Crippen LogP contribution >= 0.6 is 0 Å². The molecule has 2 saturated heterocycles. The number of benzene rings is 1. The fourth-order valence-corrected chi connectivity index (χ4v) is 3.35. The third-order valence-corrected chi connectivity index (χ3v) is 4.54. The van der Waals surface area contributed by atoms with Gasteiger partial charge in [-0.2, -0.15) is 0 Å². The van der Waals surface area contributed by atoms with E-state index in [1.807, 2.05) is 12.1 Å². The average Bonchev–Trinajstić information content (AvgIpc) is 2.87. The lowest BCUT2D eigenvalue weighted by molar-refractivity contribution is -0.104. The van der Waals surface area contributed by atoms with Gasteiger partial charge in [0, 0.05) is 37.9 Å². The van der Waals surface area contributed by atoms with E-state index in [4.69, 9.17) is 15.2 Å². The van der Waals surface area contributed by atoms with Crippen molar-refractivity contribution in [3.8, 4) is 0 Å². The van der Waals surface area contributed by atoms with Crippen LogP contribution in [0, 0.1) is 0 Å². The Morgan fingerprint density at radius 1 is 1.40 bits per heavy atom. The monoisotopic (exact) mass is 276 g/mol. The largest absolute Gasteiger partial charge is 0.399 e. The summed E-state index contributed by atoms with van der Waals surface area (Å²) in [5, 5.41) is 0. The molecule has 0 bridgehead atoms. The van der Waals surface area contributed by atoms with Gasteiger partial charge in [-0.15, -0.1) is 0 Å². The lowest BCUT2D eigenvalue weighted by Gasteiger charge is -2.41. The first-order valence-electron chi connectivity index (χ1n) is 7.43. The molecule has 2 atom stereocenters. The maximum atomic E-state index is 6.00. The summed E-state index contributed by atoms with van der Waals surface area (Å²) in [6, 6.07) is 8.72. The van der Waals surface area contributed by atoms with Gasteiger partial charge in [-0.1, -0.05) is 12.1 Å².